The highest BCUT2D eigenvalue weighted by atomic mass is 16.5. The number of ether oxygens (including phenoxy) is 1. The van der Waals surface area contributed by atoms with Crippen LogP contribution in [0.1, 0.15) is 22.3 Å². The molecule has 0 heterocycles. The van der Waals surface area contributed by atoms with Crippen molar-refractivity contribution in [3.63, 3.8) is 0 Å². The van der Waals surface area contributed by atoms with Crippen molar-refractivity contribution in [2.75, 3.05) is 0 Å². The summed E-state index contributed by atoms with van der Waals surface area (Å²) in [6.45, 7) is 6.93. The standard InChI is InChI=1S/C16H18O/c1-12-8-9-13(2)15(10-12)11-17-16-7-5-4-6-14(16)3/h4-10H,11H2,1-3H3. The normalized spacial score (nSPS) is 10.3. The van der Waals surface area contributed by atoms with Gasteiger partial charge in [-0.2, -0.15) is 0 Å². The number of para-hydroxylation sites is 1. The van der Waals surface area contributed by atoms with Gasteiger partial charge in [0.15, 0.2) is 0 Å². The van der Waals surface area contributed by atoms with Gasteiger partial charge in [0.05, 0.1) is 0 Å². The molecule has 0 spiro atoms. The molecule has 0 aliphatic heterocycles. The third-order valence-electron chi connectivity index (χ3n) is 2.98. The van der Waals surface area contributed by atoms with Crippen LogP contribution in [-0.4, -0.2) is 0 Å². The summed E-state index contributed by atoms with van der Waals surface area (Å²) in [4.78, 5) is 0. The van der Waals surface area contributed by atoms with Gasteiger partial charge >= 0.3 is 0 Å². The van der Waals surface area contributed by atoms with Crippen molar-refractivity contribution in [2.24, 2.45) is 0 Å². The molecule has 0 fully saturated rings. The summed E-state index contributed by atoms with van der Waals surface area (Å²) in [7, 11) is 0. The molecule has 0 aliphatic rings. The lowest BCUT2D eigenvalue weighted by molar-refractivity contribution is 0.303. The van der Waals surface area contributed by atoms with Gasteiger partial charge in [-0.1, -0.05) is 42.0 Å². The van der Waals surface area contributed by atoms with Gasteiger partial charge in [-0.15, -0.1) is 0 Å². The van der Waals surface area contributed by atoms with E-state index in [4.69, 9.17) is 4.74 Å². The van der Waals surface area contributed by atoms with Crippen LogP contribution in [0.25, 0.3) is 0 Å². The van der Waals surface area contributed by atoms with Gasteiger partial charge < -0.3 is 4.74 Å². The van der Waals surface area contributed by atoms with Gasteiger partial charge in [0.2, 0.25) is 0 Å². The third-order valence-corrected chi connectivity index (χ3v) is 2.98. The lowest BCUT2D eigenvalue weighted by atomic mass is 10.1. The molecular weight excluding hydrogens is 208 g/mol. The molecular formula is C16H18O. The third kappa shape index (κ3) is 2.88. The molecule has 2 aromatic rings. The zero-order valence-corrected chi connectivity index (χ0v) is 10.7. The Kier molecular flexibility index (Phi) is 3.48. The molecule has 0 saturated heterocycles. The van der Waals surface area contributed by atoms with Crippen molar-refractivity contribution in [3.8, 4) is 5.75 Å². The maximum atomic E-state index is 5.86. The van der Waals surface area contributed by atoms with Crippen molar-refractivity contribution < 1.29 is 4.74 Å². The largest absolute Gasteiger partial charge is 0.489 e. The summed E-state index contributed by atoms with van der Waals surface area (Å²) in [6.07, 6.45) is 0. The van der Waals surface area contributed by atoms with E-state index in [1.165, 1.54) is 22.3 Å². The molecule has 88 valence electrons. The molecule has 0 radical (unpaired) electrons. The van der Waals surface area contributed by atoms with E-state index in [9.17, 15) is 0 Å². The van der Waals surface area contributed by atoms with Crippen LogP contribution in [0.2, 0.25) is 0 Å². The molecule has 1 heteroatoms. The van der Waals surface area contributed by atoms with E-state index >= 15 is 0 Å². The Balaban J connectivity index is 2.12. The average Bonchev–Trinajstić information content (AvgIpc) is 2.32. The zero-order valence-electron chi connectivity index (χ0n) is 10.7. The van der Waals surface area contributed by atoms with Crippen LogP contribution in [0.4, 0.5) is 0 Å². The molecule has 0 bridgehead atoms. The Morgan fingerprint density at radius 2 is 1.65 bits per heavy atom. The fourth-order valence-corrected chi connectivity index (χ4v) is 1.83. The highest BCUT2D eigenvalue weighted by Gasteiger charge is 2.02. The van der Waals surface area contributed by atoms with Crippen LogP contribution in [-0.2, 0) is 6.61 Å². The summed E-state index contributed by atoms with van der Waals surface area (Å²) in [5, 5.41) is 0. The van der Waals surface area contributed by atoms with E-state index in [2.05, 4.69) is 45.0 Å². The Morgan fingerprint density at radius 3 is 2.41 bits per heavy atom. The number of aryl methyl sites for hydroxylation is 3. The number of hydrogen-bond acceptors (Lipinski definition) is 1. The van der Waals surface area contributed by atoms with Gasteiger partial charge in [-0.25, -0.2) is 0 Å². The quantitative estimate of drug-likeness (QED) is 0.762. The number of rotatable bonds is 3. The molecule has 0 saturated carbocycles. The van der Waals surface area contributed by atoms with Crippen molar-refractivity contribution in [1.29, 1.82) is 0 Å². The van der Waals surface area contributed by atoms with Gasteiger partial charge in [0, 0.05) is 0 Å². The van der Waals surface area contributed by atoms with Crippen molar-refractivity contribution in [1.82, 2.24) is 0 Å². The molecule has 0 aliphatic carbocycles. The summed E-state index contributed by atoms with van der Waals surface area (Å²) in [5.41, 5.74) is 4.99. The topological polar surface area (TPSA) is 9.23 Å². The molecule has 2 aromatic carbocycles. The molecule has 0 amide bonds. The van der Waals surface area contributed by atoms with Crippen LogP contribution in [0.3, 0.4) is 0 Å². The highest BCUT2D eigenvalue weighted by molar-refractivity contribution is 5.34. The highest BCUT2D eigenvalue weighted by Crippen LogP contribution is 2.19. The van der Waals surface area contributed by atoms with E-state index in [0.29, 0.717) is 6.61 Å². The lowest BCUT2D eigenvalue weighted by Crippen LogP contribution is -1.99. The van der Waals surface area contributed by atoms with Gasteiger partial charge in [-0.3, -0.25) is 0 Å². The Labute approximate surface area is 103 Å². The van der Waals surface area contributed by atoms with Gasteiger partial charge in [0.25, 0.3) is 0 Å². The van der Waals surface area contributed by atoms with Gasteiger partial charge in [-0.05, 0) is 43.5 Å². The summed E-state index contributed by atoms with van der Waals surface area (Å²) in [5.74, 6) is 0.966. The Hall–Kier alpha value is -1.76. The minimum absolute atomic E-state index is 0.637. The minimum Gasteiger partial charge on any atom is -0.489 e. The molecule has 17 heavy (non-hydrogen) atoms. The van der Waals surface area contributed by atoms with E-state index in [1.54, 1.807) is 0 Å². The Bertz CT molecular complexity index is 515. The van der Waals surface area contributed by atoms with Crippen LogP contribution >= 0.6 is 0 Å². The molecule has 0 aromatic heterocycles. The Morgan fingerprint density at radius 1 is 0.882 bits per heavy atom. The smallest absolute Gasteiger partial charge is 0.122 e. The van der Waals surface area contributed by atoms with Crippen LogP contribution in [0, 0.1) is 20.8 Å². The lowest BCUT2D eigenvalue weighted by Gasteiger charge is -2.11. The zero-order chi connectivity index (χ0) is 12.3. The van der Waals surface area contributed by atoms with Crippen molar-refractivity contribution in [3.05, 3.63) is 64.7 Å². The maximum absolute atomic E-state index is 5.86. The van der Waals surface area contributed by atoms with Crippen LogP contribution in [0.5, 0.6) is 5.75 Å². The molecule has 1 nitrogen and oxygen atoms in total. The minimum atomic E-state index is 0.637. The second kappa shape index (κ2) is 5.05. The summed E-state index contributed by atoms with van der Waals surface area (Å²) in [6, 6.07) is 14.6. The predicted octanol–water partition coefficient (Wildman–Crippen LogP) is 4.19. The molecule has 0 unspecified atom stereocenters. The number of hydrogen-bond donors (Lipinski definition) is 0. The first-order chi connectivity index (χ1) is 8.16. The first-order valence-corrected chi connectivity index (χ1v) is 5.91. The fraction of sp³-hybridized carbons (Fsp3) is 0.250. The first-order valence-electron chi connectivity index (χ1n) is 5.91. The second-order valence-corrected chi connectivity index (χ2v) is 4.48. The summed E-state index contributed by atoms with van der Waals surface area (Å²) >= 11 is 0. The molecule has 0 atom stereocenters. The van der Waals surface area contributed by atoms with Crippen LogP contribution < -0.4 is 4.74 Å². The molecule has 0 N–H and O–H groups in total. The maximum Gasteiger partial charge on any atom is 0.122 e. The van der Waals surface area contributed by atoms with E-state index in [0.717, 1.165) is 5.75 Å². The second-order valence-electron chi connectivity index (χ2n) is 4.48. The van der Waals surface area contributed by atoms with E-state index < -0.39 is 0 Å². The fourth-order valence-electron chi connectivity index (χ4n) is 1.83. The van der Waals surface area contributed by atoms with Crippen molar-refractivity contribution >= 4 is 0 Å². The van der Waals surface area contributed by atoms with E-state index in [1.807, 2.05) is 18.2 Å². The average molecular weight is 226 g/mol. The monoisotopic (exact) mass is 226 g/mol. The van der Waals surface area contributed by atoms with Crippen LogP contribution in [0.15, 0.2) is 42.5 Å². The van der Waals surface area contributed by atoms with Crippen molar-refractivity contribution in [2.45, 2.75) is 27.4 Å². The molecule has 2 rings (SSSR count). The first kappa shape index (κ1) is 11.7. The predicted molar refractivity (Wildman–Crippen MR) is 71.4 cm³/mol. The van der Waals surface area contributed by atoms with E-state index in [-0.39, 0.29) is 0 Å². The summed E-state index contributed by atoms with van der Waals surface area (Å²) < 4.78 is 5.86. The number of benzene rings is 2. The van der Waals surface area contributed by atoms with Gasteiger partial charge in [0.1, 0.15) is 12.4 Å². The SMILES string of the molecule is Cc1ccc(C)c(COc2ccccc2C)c1.